The van der Waals surface area contributed by atoms with Crippen molar-refractivity contribution in [1.82, 2.24) is 0 Å². The molecule has 1 amide bonds. The Hall–Kier alpha value is -2.17. The molecular weight excluding hydrogens is 259 g/mol. The molecule has 5 heteroatoms. The molecule has 0 aliphatic carbocycles. The van der Waals surface area contributed by atoms with E-state index in [4.69, 9.17) is 0 Å². The average Bonchev–Trinajstić information content (AvgIpc) is 2.61. The van der Waals surface area contributed by atoms with Crippen molar-refractivity contribution in [2.75, 3.05) is 16.8 Å². The Balaban J connectivity index is 2.53. The third-order valence-electron chi connectivity index (χ3n) is 3.20. The summed E-state index contributed by atoms with van der Waals surface area (Å²) >= 11 is 0. The quantitative estimate of drug-likeness (QED) is 0.682. The Bertz CT molecular complexity index is 603. The molecule has 0 fully saturated rings. The summed E-state index contributed by atoms with van der Waals surface area (Å²) in [6.45, 7) is 9.99. The second-order valence-electron chi connectivity index (χ2n) is 5.70. The molecule has 0 bridgehead atoms. The van der Waals surface area contributed by atoms with Crippen LogP contribution in [0.2, 0.25) is 0 Å². The van der Waals surface area contributed by atoms with Gasteiger partial charge in [0.1, 0.15) is 5.82 Å². The van der Waals surface area contributed by atoms with E-state index >= 15 is 0 Å². The lowest BCUT2D eigenvalue weighted by Crippen LogP contribution is -2.42. The molecule has 0 aromatic heterocycles. The van der Waals surface area contributed by atoms with Crippen LogP contribution in [0.1, 0.15) is 31.1 Å². The van der Waals surface area contributed by atoms with Crippen molar-refractivity contribution in [3.05, 3.63) is 36.2 Å². The van der Waals surface area contributed by atoms with Crippen molar-refractivity contribution in [2.24, 2.45) is 0 Å². The molecule has 106 valence electrons. The zero-order valence-corrected chi connectivity index (χ0v) is 11.8. The summed E-state index contributed by atoms with van der Waals surface area (Å²) in [6.07, 6.45) is 1.68. The van der Waals surface area contributed by atoms with E-state index in [-0.39, 0.29) is 11.1 Å². The average molecular weight is 276 g/mol. The van der Waals surface area contributed by atoms with Gasteiger partial charge in [-0.3, -0.25) is 9.59 Å². The number of halogens is 1. The van der Waals surface area contributed by atoms with Gasteiger partial charge in [-0.25, -0.2) is 4.39 Å². The van der Waals surface area contributed by atoms with Gasteiger partial charge in [-0.05, 0) is 32.9 Å². The summed E-state index contributed by atoms with van der Waals surface area (Å²) in [5.74, 6) is -1.94. The molecule has 0 saturated heterocycles. The van der Waals surface area contributed by atoms with Crippen molar-refractivity contribution in [3.63, 3.8) is 0 Å². The van der Waals surface area contributed by atoms with Crippen molar-refractivity contribution in [3.8, 4) is 0 Å². The van der Waals surface area contributed by atoms with Crippen LogP contribution in [-0.4, -0.2) is 23.8 Å². The van der Waals surface area contributed by atoms with Gasteiger partial charge < -0.3 is 10.2 Å². The minimum Gasteiger partial charge on any atom is -0.361 e. The molecule has 1 heterocycles. The molecule has 0 saturated carbocycles. The monoisotopic (exact) mass is 276 g/mol. The van der Waals surface area contributed by atoms with Gasteiger partial charge in [0.15, 0.2) is 0 Å². The van der Waals surface area contributed by atoms with Crippen LogP contribution in [0.15, 0.2) is 24.8 Å². The van der Waals surface area contributed by atoms with Crippen LogP contribution in [0.3, 0.4) is 0 Å². The van der Waals surface area contributed by atoms with E-state index < -0.39 is 17.5 Å². The Morgan fingerprint density at radius 3 is 2.55 bits per heavy atom. The van der Waals surface area contributed by atoms with Gasteiger partial charge in [0.2, 0.25) is 0 Å². The normalized spacial score (nSPS) is 14.0. The molecule has 1 aliphatic heterocycles. The Morgan fingerprint density at radius 1 is 1.35 bits per heavy atom. The number of ketones is 1. The standard InChI is InChI=1S/C15H17FN2O2/c1-5-6-18(15(2,3)4)12-8-11-9(7-10(12)16)13(19)14(20)17-11/h5,7-8H,1,6H2,2-4H3,(H,17,19,20). The Morgan fingerprint density at radius 2 is 2.00 bits per heavy atom. The summed E-state index contributed by atoms with van der Waals surface area (Å²) in [4.78, 5) is 24.7. The van der Waals surface area contributed by atoms with Crippen LogP contribution in [0, 0.1) is 5.82 Å². The number of amides is 1. The van der Waals surface area contributed by atoms with Gasteiger partial charge in [0.25, 0.3) is 11.7 Å². The first-order valence-electron chi connectivity index (χ1n) is 6.33. The first kappa shape index (κ1) is 14.2. The fourth-order valence-corrected chi connectivity index (χ4v) is 2.22. The molecule has 1 aromatic rings. The fraction of sp³-hybridized carbons (Fsp3) is 0.333. The molecule has 20 heavy (non-hydrogen) atoms. The van der Waals surface area contributed by atoms with E-state index in [1.54, 1.807) is 6.08 Å². The molecule has 1 N–H and O–H groups in total. The third-order valence-corrected chi connectivity index (χ3v) is 3.20. The van der Waals surface area contributed by atoms with Gasteiger partial charge in [-0.15, -0.1) is 6.58 Å². The second-order valence-corrected chi connectivity index (χ2v) is 5.70. The maximum Gasteiger partial charge on any atom is 0.296 e. The maximum absolute atomic E-state index is 14.3. The highest BCUT2D eigenvalue weighted by molar-refractivity contribution is 6.51. The predicted octanol–water partition coefficient (Wildman–Crippen LogP) is 2.75. The van der Waals surface area contributed by atoms with E-state index in [1.807, 2.05) is 25.7 Å². The molecule has 4 nitrogen and oxygen atoms in total. The van der Waals surface area contributed by atoms with Crippen LogP contribution >= 0.6 is 0 Å². The van der Waals surface area contributed by atoms with Gasteiger partial charge in [0, 0.05) is 12.1 Å². The first-order valence-corrected chi connectivity index (χ1v) is 6.33. The number of carbonyl (C=O) groups is 2. The lowest BCUT2D eigenvalue weighted by atomic mass is 10.0. The smallest absolute Gasteiger partial charge is 0.296 e. The number of hydrogen-bond donors (Lipinski definition) is 1. The third kappa shape index (κ3) is 2.31. The predicted molar refractivity (Wildman–Crippen MR) is 76.7 cm³/mol. The SMILES string of the molecule is C=CCN(c1cc2c(cc1F)C(=O)C(=O)N2)C(C)(C)C. The van der Waals surface area contributed by atoms with Crippen molar-refractivity contribution >= 4 is 23.1 Å². The molecular formula is C15H17FN2O2. The van der Waals surface area contributed by atoms with E-state index in [2.05, 4.69) is 11.9 Å². The molecule has 0 unspecified atom stereocenters. The number of anilines is 2. The first-order chi connectivity index (χ1) is 9.25. The van der Waals surface area contributed by atoms with Crippen LogP contribution in [0.5, 0.6) is 0 Å². The highest BCUT2D eigenvalue weighted by atomic mass is 19.1. The molecule has 0 radical (unpaired) electrons. The van der Waals surface area contributed by atoms with Crippen LogP contribution in [0.25, 0.3) is 0 Å². The number of nitrogens with one attached hydrogen (secondary N) is 1. The minimum absolute atomic E-state index is 0.0868. The lowest BCUT2D eigenvalue weighted by Gasteiger charge is -2.37. The zero-order chi connectivity index (χ0) is 15.1. The van der Waals surface area contributed by atoms with E-state index in [0.717, 1.165) is 6.07 Å². The van der Waals surface area contributed by atoms with E-state index in [0.29, 0.717) is 17.9 Å². The summed E-state index contributed by atoms with van der Waals surface area (Å²) in [7, 11) is 0. The van der Waals surface area contributed by atoms with E-state index in [1.165, 1.54) is 6.07 Å². The largest absolute Gasteiger partial charge is 0.361 e. The van der Waals surface area contributed by atoms with Crippen molar-refractivity contribution in [1.29, 1.82) is 0 Å². The van der Waals surface area contributed by atoms with Gasteiger partial charge in [-0.1, -0.05) is 6.08 Å². The highest BCUT2D eigenvalue weighted by Gasteiger charge is 2.32. The maximum atomic E-state index is 14.3. The molecule has 0 spiro atoms. The zero-order valence-electron chi connectivity index (χ0n) is 11.8. The summed E-state index contributed by atoms with van der Waals surface area (Å²) in [5.41, 5.74) is 0.458. The van der Waals surface area contributed by atoms with E-state index in [9.17, 15) is 14.0 Å². The molecule has 1 aliphatic rings. The number of nitrogens with zero attached hydrogens (tertiary/aromatic N) is 1. The lowest BCUT2D eigenvalue weighted by molar-refractivity contribution is -0.112. The molecule has 1 aromatic carbocycles. The Labute approximate surface area is 117 Å². The van der Waals surface area contributed by atoms with Gasteiger partial charge in [-0.2, -0.15) is 0 Å². The minimum atomic E-state index is -0.720. The topological polar surface area (TPSA) is 49.4 Å². The Kier molecular flexibility index (Phi) is 3.38. The molecule has 2 rings (SSSR count). The number of hydrogen-bond acceptors (Lipinski definition) is 3. The van der Waals surface area contributed by atoms with Gasteiger partial charge >= 0.3 is 0 Å². The summed E-state index contributed by atoms with van der Waals surface area (Å²) in [6, 6.07) is 2.62. The number of fused-ring (bicyclic) bond motifs is 1. The van der Waals surface area contributed by atoms with Crippen LogP contribution in [0.4, 0.5) is 15.8 Å². The van der Waals surface area contributed by atoms with Crippen LogP contribution < -0.4 is 10.2 Å². The van der Waals surface area contributed by atoms with Crippen molar-refractivity contribution in [2.45, 2.75) is 26.3 Å². The molecule has 0 atom stereocenters. The summed E-state index contributed by atoms with van der Waals surface area (Å²) < 4.78 is 14.3. The van der Waals surface area contributed by atoms with Gasteiger partial charge in [0.05, 0.1) is 16.9 Å². The van der Waals surface area contributed by atoms with Crippen molar-refractivity contribution < 1.29 is 14.0 Å². The van der Waals surface area contributed by atoms with Crippen LogP contribution in [-0.2, 0) is 4.79 Å². The number of benzene rings is 1. The summed E-state index contributed by atoms with van der Waals surface area (Å²) in [5, 5.41) is 2.46. The number of rotatable bonds is 3. The second kappa shape index (κ2) is 4.74. The highest BCUT2D eigenvalue weighted by Crippen LogP contribution is 2.34. The number of Topliss-reactive ketones (excluding diaryl/α,β-unsaturated/α-hetero) is 1. The fourth-order valence-electron chi connectivity index (χ4n) is 2.22. The number of carbonyl (C=O) groups excluding carboxylic acids is 2.